The zero-order valence-corrected chi connectivity index (χ0v) is 11.3. The van der Waals surface area contributed by atoms with E-state index in [2.05, 4.69) is 39.0 Å². The van der Waals surface area contributed by atoms with Crippen LogP contribution in [0.2, 0.25) is 0 Å². The summed E-state index contributed by atoms with van der Waals surface area (Å²) < 4.78 is 0. The first-order chi connectivity index (χ1) is 7.89. The van der Waals surface area contributed by atoms with E-state index in [9.17, 15) is 4.79 Å². The van der Waals surface area contributed by atoms with Crippen LogP contribution in [-0.2, 0) is 5.41 Å². The molecule has 17 heavy (non-hydrogen) atoms. The lowest BCUT2D eigenvalue weighted by molar-refractivity contribution is 0.0854. The smallest absolute Gasteiger partial charge is 0.166 e. The Bertz CT molecular complexity index is 433. The SMILES string of the molecule is Cc1ccc(C(C)(C)C)cc1C(=O)C1CCC1. The number of Topliss-reactive ketones (excluding diaryl/α,β-unsaturated/α-hetero) is 1. The summed E-state index contributed by atoms with van der Waals surface area (Å²) in [6, 6.07) is 6.34. The van der Waals surface area contributed by atoms with Gasteiger partial charge in [-0.3, -0.25) is 4.79 Å². The van der Waals surface area contributed by atoms with Gasteiger partial charge in [0.1, 0.15) is 0 Å². The van der Waals surface area contributed by atoms with Crippen LogP contribution in [0.25, 0.3) is 0 Å². The summed E-state index contributed by atoms with van der Waals surface area (Å²) in [7, 11) is 0. The second-order valence-electron chi connectivity index (χ2n) is 6.27. The first kappa shape index (κ1) is 12.3. The lowest BCUT2D eigenvalue weighted by Gasteiger charge is -2.26. The fraction of sp³-hybridized carbons (Fsp3) is 0.562. The molecule has 1 nitrogen and oxygen atoms in total. The number of carbonyl (C=O) groups excluding carboxylic acids is 1. The van der Waals surface area contributed by atoms with Crippen molar-refractivity contribution in [2.75, 3.05) is 0 Å². The summed E-state index contributed by atoms with van der Waals surface area (Å²) >= 11 is 0. The standard InChI is InChI=1S/C16H22O/c1-11-8-9-13(16(2,3)4)10-14(11)15(17)12-6-5-7-12/h8-10,12H,5-7H2,1-4H3. The molecule has 1 aliphatic carbocycles. The molecule has 92 valence electrons. The molecule has 0 atom stereocenters. The van der Waals surface area contributed by atoms with Crippen molar-refractivity contribution in [3.63, 3.8) is 0 Å². The number of rotatable bonds is 2. The average molecular weight is 230 g/mol. The van der Waals surface area contributed by atoms with Crippen molar-refractivity contribution in [2.24, 2.45) is 5.92 Å². The topological polar surface area (TPSA) is 17.1 Å². The van der Waals surface area contributed by atoms with Crippen LogP contribution < -0.4 is 0 Å². The highest BCUT2D eigenvalue weighted by atomic mass is 16.1. The second-order valence-corrected chi connectivity index (χ2v) is 6.27. The highest BCUT2D eigenvalue weighted by molar-refractivity contribution is 5.99. The van der Waals surface area contributed by atoms with Crippen LogP contribution in [-0.4, -0.2) is 5.78 Å². The molecular weight excluding hydrogens is 208 g/mol. The third kappa shape index (κ3) is 2.43. The molecule has 1 aromatic carbocycles. The van der Waals surface area contributed by atoms with Gasteiger partial charge in [0.2, 0.25) is 0 Å². The van der Waals surface area contributed by atoms with Crippen molar-refractivity contribution in [1.29, 1.82) is 0 Å². The Morgan fingerprint density at radius 2 is 1.88 bits per heavy atom. The van der Waals surface area contributed by atoms with Gasteiger partial charge in [0, 0.05) is 11.5 Å². The van der Waals surface area contributed by atoms with Gasteiger partial charge >= 0.3 is 0 Å². The maximum Gasteiger partial charge on any atom is 0.166 e. The number of hydrogen-bond acceptors (Lipinski definition) is 1. The van der Waals surface area contributed by atoms with E-state index in [4.69, 9.17) is 0 Å². The van der Waals surface area contributed by atoms with Crippen LogP contribution >= 0.6 is 0 Å². The molecule has 1 aliphatic rings. The van der Waals surface area contributed by atoms with E-state index >= 15 is 0 Å². The average Bonchev–Trinajstić information content (AvgIpc) is 2.13. The van der Waals surface area contributed by atoms with Gasteiger partial charge in [0.15, 0.2) is 5.78 Å². The van der Waals surface area contributed by atoms with Gasteiger partial charge in [-0.2, -0.15) is 0 Å². The molecule has 0 aliphatic heterocycles. The van der Waals surface area contributed by atoms with E-state index in [1.54, 1.807) is 0 Å². The van der Waals surface area contributed by atoms with Crippen LogP contribution in [0.3, 0.4) is 0 Å². The van der Waals surface area contributed by atoms with Crippen LogP contribution in [0.15, 0.2) is 18.2 Å². The summed E-state index contributed by atoms with van der Waals surface area (Å²) in [6.07, 6.45) is 3.38. The van der Waals surface area contributed by atoms with Crippen LogP contribution in [0, 0.1) is 12.8 Å². The minimum absolute atomic E-state index is 0.113. The molecule has 0 amide bonds. The number of aryl methyl sites for hydroxylation is 1. The summed E-state index contributed by atoms with van der Waals surface area (Å²) in [4.78, 5) is 12.3. The Balaban J connectivity index is 2.35. The maximum absolute atomic E-state index is 12.3. The van der Waals surface area contributed by atoms with Gasteiger partial charge < -0.3 is 0 Å². The molecule has 0 bridgehead atoms. The van der Waals surface area contributed by atoms with Gasteiger partial charge in [0.05, 0.1) is 0 Å². The lowest BCUT2D eigenvalue weighted by atomic mass is 9.77. The molecule has 0 saturated heterocycles. The van der Waals surface area contributed by atoms with Gasteiger partial charge in [-0.1, -0.05) is 39.3 Å². The van der Waals surface area contributed by atoms with Gasteiger partial charge in [-0.05, 0) is 42.4 Å². The van der Waals surface area contributed by atoms with E-state index in [0.29, 0.717) is 11.7 Å². The summed E-state index contributed by atoms with van der Waals surface area (Å²) in [5, 5.41) is 0. The Morgan fingerprint density at radius 1 is 1.24 bits per heavy atom. The highest BCUT2D eigenvalue weighted by Crippen LogP contribution is 2.32. The van der Waals surface area contributed by atoms with Crippen molar-refractivity contribution in [1.82, 2.24) is 0 Å². The first-order valence-electron chi connectivity index (χ1n) is 6.55. The molecule has 1 saturated carbocycles. The van der Waals surface area contributed by atoms with Crippen LogP contribution in [0.1, 0.15) is 61.5 Å². The van der Waals surface area contributed by atoms with Crippen LogP contribution in [0.5, 0.6) is 0 Å². The molecule has 2 rings (SSSR count). The molecule has 1 fully saturated rings. The molecule has 1 aromatic rings. The molecule has 0 aromatic heterocycles. The molecule has 0 heterocycles. The van der Waals surface area contributed by atoms with Gasteiger partial charge in [-0.15, -0.1) is 0 Å². The van der Waals surface area contributed by atoms with Crippen molar-refractivity contribution in [2.45, 2.75) is 52.4 Å². The minimum Gasteiger partial charge on any atom is -0.294 e. The van der Waals surface area contributed by atoms with Crippen molar-refractivity contribution in [3.8, 4) is 0 Å². The number of carbonyl (C=O) groups is 1. The fourth-order valence-corrected chi connectivity index (χ4v) is 2.24. The molecule has 0 spiro atoms. The molecule has 0 unspecified atom stereocenters. The monoisotopic (exact) mass is 230 g/mol. The molecular formula is C16H22O. The normalized spacial score (nSPS) is 16.7. The number of hydrogen-bond donors (Lipinski definition) is 0. The van der Waals surface area contributed by atoms with E-state index in [-0.39, 0.29) is 5.41 Å². The summed E-state index contributed by atoms with van der Waals surface area (Å²) in [5.74, 6) is 0.656. The predicted octanol–water partition coefficient (Wildman–Crippen LogP) is 4.28. The van der Waals surface area contributed by atoms with Crippen molar-refractivity contribution >= 4 is 5.78 Å². The Hall–Kier alpha value is -1.11. The minimum atomic E-state index is 0.113. The largest absolute Gasteiger partial charge is 0.294 e. The lowest BCUT2D eigenvalue weighted by Crippen LogP contribution is -2.23. The third-order valence-corrected chi connectivity index (χ3v) is 3.85. The van der Waals surface area contributed by atoms with E-state index in [0.717, 1.165) is 24.0 Å². The van der Waals surface area contributed by atoms with Gasteiger partial charge in [0.25, 0.3) is 0 Å². The summed E-state index contributed by atoms with van der Waals surface area (Å²) in [6.45, 7) is 8.61. The first-order valence-corrected chi connectivity index (χ1v) is 6.55. The molecule has 0 radical (unpaired) electrons. The van der Waals surface area contributed by atoms with Crippen LogP contribution in [0.4, 0.5) is 0 Å². The van der Waals surface area contributed by atoms with E-state index in [1.165, 1.54) is 12.0 Å². The van der Waals surface area contributed by atoms with Gasteiger partial charge in [-0.25, -0.2) is 0 Å². The zero-order chi connectivity index (χ0) is 12.6. The number of benzene rings is 1. The zero-order valence-electron chi connectivity index (χ0n) is 11.3. The maximum atomic E-state index is 12.3. The highest BCUT2D eigenvalue weighted by Gasteiger charge is 2.28. The fourth-order valence-electron chi connectivity index (χ4n) is 2.24. The Labute approximate surface area is 104 Å². The van der Waals surface area contributed by atoms with E-state index < -0.39 is 0 Å². The summed E-state index contributed by atoms with van der Waals surface area (Å²) in [5.41, 5.74) is 3.44. The predicted molar refractivity (Wildman–Crippen MR) is 71.6 cm³/mol. The van der Waals surface area contributed by atoms with Crippen molar-refractivity contribution in [3.05, 3.63) is 34.9 Å². The molecule has 0 N–H and O–H groups in total. The number of ketones is 1. The Kier molecular flexibility index (Phi) is 3.11. The van der Waals surface area contributed by atoms with Crippen molar-refractivity contribution < 1.29 is 4.79 Å². The second kappa shape index (κ2) is 4.29. The molecule has 1 heteroatoms. The van der Waals surface area contributed by atoms with E-state index in [1.807, 2.05) is 6.92 Å². The third-order valence-electron chi connectivity index (χ3n) is 3.85. The quantitative estimate of drug-likeness (QED) is 0.693. The Morgan fingerprint density at radius 3 is 2.35 bits per heavy atom.